The first-order valence-corrected chi connectivity index (χ1v) is 16.2. The number of methoxy groups -OCH3 is 1. The average molecular weight is 615 g/mol. The van der Waals surface area contributed by atoms with Gasteiger partial charge in [0.15, 0.2) is 0 Å². The SMILES string of the molecule is COC(=O)c1ccc2nc(CN3CCC(Cc4cccc(COc5ccc(C6CC6)cc5Cl)n4)CC3)n(CC3CCO3)c2c1. The Labute approximate surface area is 263 Å². The molecule has 2 aromatic heterocycles. The molecule has 1 aliphatic carbocycles. The van der Waals surface area contributed by atoms with Crippen LogP contribution < -0.4 is 4.74 Å². The Morgan fingerprint density at radius 3 is 2.55 bits per heavy atom. The van der Waals surface area contributed by atoms with Gasteiger partial charge in [-0.25, -0.2) is 9.78 Å². The Morgan fingerprint density at radius 2 is 1.82 bits per heavy atom. The summed E-state index contributed by atoms with van der Waals surface area (Å²) in [5.41, 5.74) is 5.74. The van der Waals surface area contributed by atoms with Crippen LogP contribution in [0.4, 0.5) is 0 Å². The Morgan fingerprint density at radius 1 is 1.00 bits per heavy atom. The summed E-state index contributed by atoms with van der Waals surface area (Å²) in [4.78, 5) is 24.6. The van der Waals surface area contributed by atoms with Gasteiger partial charge in [0.25, 0.3) is 0 Å². The van der Waals surface area contributed by atoms with Gasteiger partial charge in [-0.3, -0.25) is 9.88 Å². The van der Waals surface area contributed by atoms with Gasteiger partial charge in [0.2, 0.25) is 0 Å². The molecule has 230 valence electrons. The van der Waals surface area contributed by atoms with Crippen LogP contribution in [0.25, 0.3) is 11.0 Å². The first-order valence-electron chi connectivity index (χ1n) is 15.8. The highest BCUT2D eigenvalue weighted by Crippen LogP contribution is 2.42. The van der Waals surface area contributed by atoms with Crippen LogP contribution in [-0.2, 0) is 35.6 Å². The highest BCUT2D eigenvalue weighted by Gasteiger charge is 2.26. The zero-order valence-corrected chi connectivity index (χ0v) is 26.0. The number of hydrogen-bond acceptors (Lipinski definition) is 7. The standard InChI is InChI=1S/C35H39ClN4O4/c1-42-35(41)26-7-9-31-32(19-26)40(20-29-13-16-43-29)34(38-31)21-39-14-11-23(12-15-39)17-27-3-2-4-28(37-27)22-44-33-10-8-25(18-30(33)36)24-5-6-24/h2-4,7-10,18-19,23-24,29H,5-6,11-17,20-22H2,1H3. The maximum Gasteiger partial charge on any atom is 0.337 e. The third-order valence-electron chi connectivity index (χ3n) is 9.24. The number of hydrogen-bond donors (Lipinski definition) is 0. The molecule has 7 rings (SSSR count). The highest BCUT2D eigenvalue weighted by molar-refractivity contribution is 6.32. The van der Waals surface area contributed by atoms with Crippen LogP contribution in [0.1, 0.15) is 71.2 Å². The second-order valence-corrected chi connectivity index (χ2v) is 12.8. The van der Waals surface area contributed by atoms with E-state index in [2.05, 4.69) is 27.7 Å². The minimum atomic E-state index is -0.335. The van der Waals surface area contributed by atoms with Crippen molar-refractivity contribution >= 4 is 28.6 Å². The number of carbonyl (C=O) groups excluding carboxylic acids is 1. The summed E-state index contributed by atoms with van der Waals surface area (Å²) in [5.74, 6) is 2.66. The monoisotopic (exact) mass is 614 g/mol. The van der Waals surface area contributed by atoms with Crippen LogP contribution >= 0.6 is 11.6 Å². The molecule has 1 saturated carbocycles. The molecule has 3 fully saturated rings. The molecule has 44 heavy (non-hydrogen) atoms. The number of aromatic nitrogens is 3. The van der Waals surface area contributed by atoms with Gasteiger partial charge < -0.3 is 18.8 Å². The molecular formula is C35H39ClN4O4. The van der Waals surface area contributed by atoms with Gasteiger partial charge in [-0.1, -0.05) is 23.7 Å². The number of esters is 1. The van der Waals surface area contributed by atoms with E-state index in [0.29, 0.717) is 34.8 Å². The smallest absolute Gasteiger partial charge is 0.337 e. The predicted octanol–water partition coefficient (Wildman–Crippen LogP) is 6.57. The van der Waals surface area contributed by atoms with Crippen molar-refractivity contribution in [1.29, 1.82) is 0 Å². The number of carbonyl (C=O) groups is 1. The van der Waals surface area contributed by atoms with Gasteiger partial charge in [-0.05, 0) is 111 Å². The van der Waals surface area contributed by atoms with Gasteiger partial charge in [-0.2, -0.15) is 0 Å². The van der Waals surface area contributed by atoms with Crippen molar-refractivity contribution in [2.75, 3.05) is 26.8 Å². The van der Waals surface area contributed by atoms with Crippen molar-refractivity contribution in [3.8, 4) is 5.75 Å². The van der Waals surface area contributed by atoms with Gasteiger partial charge in [0.1, 0.15) is 18.2 Å². The molecule has 2 aromatic carbocycles. The first kappa shape index (κ1) is 29.3. The number of fused-ring (bicyclic) bond motifs is 1. The number of rotatable bonds is 11. The predicted molar refractivity (Wildman–Crippen MR) is 169 cm³/mol. The molecule has 2 aliphatic heterocycles. The third-order valence-corrected chi connectivity index (χ3v) is 9.54. The number of piperidine rings is 1. The first-order chi connectivity index (χ1) is 21.5. The molecule has 0 spiro atoms. The minimum absolute atomic E-state index is 0.192. The lowest BCUT2D eigenvalue weighted by molar-refractivity contribution is -0.0592. The normalized spacial score (nSPS) is 19.2. The van der Waals surface area contributed by atoms with Crippen molar-refractivity contribution in [3.05, 3.63) is 88.0 Å². The molecule has 0 N–H and O–H groups in total. The number of imidazole rings is 1. The van der Waals surface area contributed by atoms with Gasteiger partial charge in [0.05, 0.1) is 53.6 Å². The van der Waals surface area contributed by atoms with E-state index in [9.17, 15) is 4.79 Å². The Hall–Kier alpha value is -3.46. The maximum absolute atomic E-state index is 12.2. The Bertz CT molecular complexity index is 1640. The number of pyridine rings is 1. The molecule has 2 saturated heterocycles. The van der Waals surface area contributed by atoms with E-state index in [0.717, 1.165) is 86.7 Å². The van der Waals surface area contributed by atoms with Gasteiger partial charge in [-0.15, -0.1) is 0 Å². The number of halogens is 1. The van der Waals surface area contributed by atoms with Crippen LogP contribution in [0.3, 0.4) is 0 Å². The van der Waals surface area contributed by atoms with E-state index in [1.165, 1.54) is 25.5 Å². The largest absolute Gasteiger partial charge is 0.486 e. The van der Waals surface area contributed by atoms with E-state index in [-0.39, 0.29) is 12.1 Å². The van der Waals surface area contributed by atoms with Crippen molar-refractivity contribution in [2.24, 2.45) is 5.92 Å². The summed E-state index contributed by atoms with van der Waals surface area (Å²) < 4.78 is 19.0. The fourth-order valence-electron chi connectivity index (χ4n) is 6.40. The zero-order chi connectivity index (χ0) is 30.0. The molecule has 0 bridgehead atoms. The summed E-state index contributed by atoms with van der Waals surface area (Å²) in [6.45, 7) is 4.76. The van der Waals surface area contributed by atoms with E-state index < -0.39 is 0 Å². The van der Waals surface area contributed by atoms with Crippen LogP contribution in [0.5, 0.6) is 5.75 Å². The topological polar surface area (TPSA) is 78.7 Å². The summed E-state index contributed by atoms with van der Waals surface area (Å²) in [6.07, 6.45) is 6.94. The number of benzene rings is 2. The molecule has 0 radical (unpaired) electrons. The van der Waals surface area contributed by atoms with Crippen LogP contribution in [-0.4, -0.2) is 58.3 Å². The zero-order valence-electron chi connectivity index (χ0n) is 25.2. The second kappa shape index (κ2) is 12.9. The lowest BCUT2D eigenvalue weighted by atomic mass is 9.92. The molecular weight excluding hydrogens is 576 g/mol. The Kier molecular flexibility index (Phi) is 8.56. The molecule has 9 heteroatoms. The minimum Gasteiger partial charge on any atom is -0.486 e. The third kappa shape index (κ3) is 6.63. The molecule has 1 unspecified atom stereocenters. The van der Waals surface area contributed by atoms with Crippen molar-refractivity contribution in [3.63, 3.8) is 0 Å². The highest BCUT2D eigenvalue weighted by atomic mass is 35.5. The van der Waals surface area contributed by atoms with Crippen LogP contribution in [0.2, 0.25) is 5.02 Å². The maximum atomic E-state index is 12.2. The second-order valence-electron chi connectivity index (χ2n) is 12.4. The Balaban J connectivity index is 0.954. The van der Waals surface area contributed by atoms with Crippen LogP contribution in [0.15, 0.2) is 54.6 Å². The summed E-state index contributed by atoms with van der Waals surface area (Å²) in [5, 5.41) is 0.676. The van der Waals surface area contributed by atoms with Crippen molar-refractivity contribution in [2.45, 2.75) is 70.2 Å². The number of likely N-dealkylation sites (tertiary alicyclic amines) is 1. The van der Waals surface area contributed by atoms with Gasteiger partial charge >= 0.3 is 5.97 Å². The molecule has 8 nitrogen and oxygen atoms in total. The van der Waals surface area contributed by atoms with E-state index in [1.807, 2.05) is 30.3 Å². The molecule has 0 amide bonds. The fourth-order valence-corrected chi connectivity index (χ4v) is 6.64. The van der Waals surface area contributed by atoms with Crippen molar-refractivity contribution in [1.82, 2.24) is 19.4 Å². The molecule has 1 atom stereocenters. The lowest BCUT2D eigenvalue weighted by Crippen LogP contribution is -2.36. The van der Waals surface area contributed by atoms with Gasteiger partial charge in [0, 0.05) is 12.3 Å². The van der Waals surface area contributed by atoms with Crippen LogP contribution in [0, 0.1) is 5.92 Å². The fraction of sp³-hybridized carbons (Fsp3) is 0.457. The molecule has 3 aliphatic rings. The summed E-state index contributed by atoms with van der Waals surface area (Å²) in [7, 11) is 1.41. The molecule has 4 heterocycles. The summed E-state index contributed by atoms with van der Waals surface area (Å²) >= 11 is 6.50. The van der Waals surface area contributed by atoms with E-state index in [1.54, 1.807) is 6.07 Å². The average Bonchev–Trinajstić information content (AvgIpc) is 3.81. The summed E-state index contributed by atoms with van der Waals surface area (Å²) in [6, 6.07) is 18.0. The van der Waals surface area contributed by atoms with Crippen molar-refractivity contribution < 1.29 is 19.0 Å². The number of nitrogens with zero attached hydrogens (tertiary/aromatic N) is 4. The molecule has 4 aromatic rings. The quantitative estimate of drug-likeness (QED) is 0.177. The van der Waals surface area contributed by atoms with E-state index in [4.69, 9.17) is 35.8 Å². The number of ether oxygens (including phenoxy) is 3. The lowest BCUT2D eigenvalue weighted by Gasteiger charge is -2.32. The van der Waals surface area contributed by atoms with E-state index >= 15 is 0 Å².